The molecule has 2 heterocycles. The van der Waals surface area contributed by atoms with E-state index in [4.69, 9.17) is 4.42 Å². The van der Waals surface area contributed by atoms with Crippen LogP contribution in [0.4, 0.5) is 5.69 Å². The van der Waals surface area contributed by atoms with Crippen LogP contribution in [0.25, 0.3) is 5.76 Å². The Morgan fingerprint density at radius 3 is 2.29 bits per heavy atom. The third-order valence-electron chi connectivity index (χ3n) is 4.63. The third kappa shape index (κ3) is 3.05. The predicted octanol–water partition coefficient (Wildman–Crippen LogP) is 4.98. The van der Waals surface area contributed by atoms with Gasteiger partial charge in [0.25, 0.3) is 11.7 Å². The van der Waals surface area contributed by atoms with Gasteiger partial charge in [-0.05, 0) is 43.3 Å². The van der Waals surface area contributed by atoms with Crippen molar-refractivity contribution in [3.63, 3.8) is 0 Å². The standard InChI is InChI=1S/C22H16BrNO4/c1-13-7-12-17(28-13)19-18(20(25)14-8-10-15(23)11-9-14)21(26)22(27)24(19)16-5-3-2-4-6-16/h2-12,19,25H,1H3/b20-18-. The summed E-state index contributed by atoms with van der Waals surface area (Å²) in [5, 5.41) is 10.9. The lowest BCUT2D eigenvalue weighted by Crippen LogP contribution is -2.29. The van der Waals surface area contributed by atoms with Gasteiger partial charge >= 0.3 is 0 Å². The maximum absolute atomic E-state index is 12.9. The Bertz CT molecular complexity index is 1080. The molecular formula is C22H16BrNO4. The molecule has 1 fully saturated rings. The van der Waals surface area contributed by atoms with Crippen LogP contribution >= 0.6 is 15.9 Å². The number of nitrogens with zero attached hydrogens (tertiary/aromatic N) is 1. The minimum absolute atomic E-state index is 0.00512. The van der Waals surface area contributed by atoms with Gasteiger partial charge in [-0.15, -0.1) is 0 Å². The molecule has 0 aliphatic carbocycles. The molecule has 3 aromatic rings. The smallest absolute Gasteiger partial charge is 0.300 e. The van der Waals surface area contributed by atoms with Crippen LogP contribution in [0.3, 0.4) is 0 Å². The monoisotopic (exact) mass is 437 g/mol. The Kier molecular flexibility index (Phi) is 4.65. The van der Waals surface area contributed by atoms with E-state index in [-0.39, 0.29) is 11.3 Å². The van der Waals surface area contributed by atoms with Gasteiger partial charge < -0.3 is 9.52 Å². The number of aliphatic hydroxyl groups is 1. The molecule has 140 valence electrons. The van der Waals surface area contributed by atoms with Gasteiger partial charge in [0.2, 0.25) is 0 Å². The molecule has 0 spiro atoms. The quantitative estimate of drug-likeness (QED) is 0.356. The molecular weight excluding hydrogens is 422 g/mol. The number of halogens is 1. The van der Waals surface area contributed by atoms with Crippen molar-refractivity contribution in [2.75, 3.05) is 4.90 Å². The van der Waals surface area contributed by atoms with Crippen LogP contribution in [0, 0.1) is 6.92 Å². The molecule has 1 aliphatic heterocycles. The number of benzene rings is 2. The van der Waals surface area contributed by atoms with Crippen molar-refractivity contribution in [1.82, 2.24) is 0 Å². The molecule has 6 heteroatoms. The minimum atomic E-state index is -0.847. The fraction of sp³-hybridized carbons (Fsp3) is 0.0909. The van der Waals surface area contributed by atoms with Crippen molar-refractivity contribution in [1.29, 1.82) is 0 Å². The van der Waals surface area contributed by atoms with Crippen molar-refractivity contribution >= 4 is 39.1 Å². The van der Waals surface area contributed by atoms with Crippen molar-refractivity contribution in [2.24, 2.45) is 0 Å². The average molecular weight is 438 g/mol. The zero-order chi connectivity index (χ0) is 19.8. The lowest BCUT2D eigenvalue weighted by molar-refractivity contribution is -0.132. The molecule has 1 aliphatic rings. The highest BCUT2D eigenvalue weighted by Gasteiger charge is 2.48. The number of hydrogen-bond acceptors (Lipinski definition) is 4. The number of amides is 1. The number of para-hydroxylation sites is 1. The second kappa shape index (κ2) is 7.13. The van der Waals surface area contributed by atoms with Crippen LogP contribution in [0.5, 0.6) is 0 Å². The minimum Gasteiger partial charge on any atom is -0.507 e. The van der Waals surface area contributed by atoms with Gasteiger partial charge in [0.15, 0.2) is 0 Å². The summed E-state index contributed by atoms with van der Waals surface area (Å²) in [6, 6.07) is 18.4. The number of carbonyl (C=O) groups excluding carboxylic acids is 2. The number of aliphatic hydroxyl groups excluding tert-OH is 1. The topological polar surface area (TPSA) is 70.8 Å². The zero-order valence-electron chi connectivity index (χ0n) is 14.9. The van der Waals surface area contributed by atoms with E-state index >= 15 is 0 Å². The molecule has 1 atom stereocenters. The van der Waals surface area contributed by atoms with E-state index in [0.717, 1.165) is 4.47 Å². The van der Waals surface area contributed by atoms with E-state index in [0.29, 0.717) is 22.8 Å². The normalized spacial score (nSPS) is 18.6. The number of Topliss-reactive ketones (excluding diaryl/α,β-unsaturated/α-hetero) is 1. The number of carbonyl (C=O) groups is 2. The number of furan rings is 1. The van der Waals surface area contributed by atoms with Crippen LogP contribution in [0.1, 0.15) is 23.1 Å². The molecule has 1 N–H and O–H groups in total. The Hall–Kier alpha value is -3.12. The highest BCUT2D eigenvalue weighted by atomic mass is 79.9. The first kappa shape index (κ1) is 18.3. The van der Waals surface area contributed by atoms with E-state index in [1.54, 1.807) is 67.6 Å². The second-order valence-corrected chi connectivity index (χ2v) is 7.38. The van der Waals surface area contributed by atoms with Gasteiger partial charge in [0.1, 0.15) is 23.3 Å². The van der Waals surface area contributed by atoms with Gasteiger partial charge in [-0.25, -0.2) is 0 Å². The zero-order valence-corrected chi connectivity index (χ0v) is 16.5. The van der Waals surface area contributed by atoms with Gasteiger partial charge in [0, 0.05) is 15.7 Å². The fourth-order valence-corrected chi connectivity index (χ4v) is 3.58. The molecule has 1 unspecified atom stereocenters. The fourth-order valence-electron chi connectivity index (χ4n) is 3.32. The first-order chi connectivity index (χ1) is 13.5. The largest absolute Gasteiger partial charge is 0.507 e. The molecule has 0 radical (unpaired) electrons. The maximum Gasteiger partial charge on any atom is 0.300 e. The molecule has 1 amide bonds. The van der Waals surface area contributed by atoms with Crippen LogP contribution in [0.2, 0.25) is 0 Å². The highest BCUT2D eigenvalue weighted by molar-refractivity contribution is 9.10. The number of ketones is 1. The molecule has 28 heavy (non-hydrogen) atoms. The Balaban J connectivity index is 1.93. The molecule has 5 nitrogen and oxygen atoms in total. The first-order valence-corrected chi connectivity index (χ1v) is 9.45. The summed E-state index contributed by atoms with van der Waals surface area (Å²) in [7, 11) is 0. The summed E-state index contributed by atoms with van der Waals surface area (Å²) >= 11 is 3.35. The number of anilines is 1. The van der Waals surface area contributed by atoms with Crippen LogP contribution in [-0.4, -0.2) is 16.8 Å². The van der Waals surface area contributed by atoms with Gasteiger partial charge in [-0.3, -0.25) is 14.5 Å². The average Bonchev–Trinajstić information content (AvgIpc) is 3.24. The molecule has 4 rings (SSSR count). The molecule has 0 saturated carbocycles. The molecule has 1 aromatic heterocycles. The summed E-state index contributed by atoms with van der Waals surface area (Å²) in [5.41, 5.74) is 1.01. The molecule has 0 bridgehead atoms. The highest BCUT2D eigenvalue weighted by Crippen LogP contribution is 2.42. The van der Waals surface area contributed by atoms with E-state index in [2.05, 4.69) is 15.9 Å². The molecule has 1 saturated heterocycles. The van der Waals surface area contributed by atoms with Gasteiger partial charge in [-0.2, -0.15) is 0 Å². The van der Waals surface area contributed by atoms with Crippen LogP contribution in [0.15, 0.2) is 81.2 Å². The van der Waals surface area contributed by atoms with E-state index in [1.807, 2.05) is 6.07 Å². The van der Waals surface area contributed by atoms with Gasteiger partial charge in [0.05, 0.1) is 5.57 Å². The summed E-state index contributed by atoms with van der Waals surface area (Å²) in [6.45, 7) is 1.78. The summed E-state index contributed by atoms with van der Waals surface area (Å²) < 4.78 is 6.59. The van der Waals surface area contributed by atoms with E-state index in [1.165, 1.54) is 4.90 Å². The van der Waals surface area contributed by atoms with Crippen LogP contribution < -0.4 is 4.90 Å². The number of rotatable bonds is 3. The first-order valence-electron chi connectivity index (χ1n) is 8.65. The van der Waals surface area contributed by atoms with Gasteiger partial charge in [-0.1, -0.05) is 46.3 Å². The third-order valence-corrected chi connectivity index (χ3v) is 5.16. The van der Waals surface area contributed by atoms with Crippen LogP contribution in [-0.2, 0) is 9.59 Å². The lowest BCUT2D eigenvalue weighted by Gasteiger charge is -2.23. The summed E-state index contributed by atoms with van der Waals surface area (Å²) in [5.74, 6) is -0.618. The Morgan fingerprint density at radius 1 is 1.00 bits per heavy atom. The Morgan fingerprint density at radius 2 is 1.68 bits per heavy atom. The second-order valence-electron chi connectivity index (χ2n) is 6.46. The van der Waals surface area contributed by atoms with Crippen molar-refractivity contribution in [2.45, 2.75) is 13.0 Å². The molecule has 2 aromatic carbocycles. The maximum atomic E-state index is 12.9. The van der Waals surface area contributed by atoms with Crippen molar-refractivity contribution < 1.29 is 19.1 Å². The predicted molar refractivity (Wildman–Crippen MR) is 109 cm³/mol. The van der Waals surface area contributed by atoms with Crippen molar-refractivity contribution in [3.05, 3.63) is 93.9 Å². The number of hydrogen-bond donors (Lipinski definition) is 1. The SMILES string of the molecule is Cc1ccc(C2/C(=C(/O)c3ccc(Br)cc3)C(=O)C(=O)N2c2ccccc2)o1. The summed E-state index contributed by atoms with van der Waals surface area (Å²) in [4.78, 5) is 27.1. The lowest BCUT2D eigenvalue weighted by atomic mass is 9.99. The number of aryl methyl sites for hydroxylation is 1. The van der Waals surface area contributed by atoms with Crippen molar-refractivity contribution in [3.8, 4) is 0 Å². The Labute approximate surface area is 170 Å². The van der Waals surface area contributed by atoms with E-state index < -0.39 is 17.7 Å². The summed E-state index contributed by atoms with van der Waals surface area (Å²) in [6.07, 6.45) is 0. The van der Waals surface area contributed by atoms with E-state index in [9.17, 15) is 14.7 Å².